The van der Waals surface area contributed by atoms with Crippen LogP contribution in [0.5, 0.6) is 0 Å². The van der Waals surface area contributed by atoms with Crippen LogP contribution in [0.4, 0.5) is 4.39 Å². The van der Waals surface area contributed by atoms with Crippen molar-refractivity contribution in [2.75, 3.05) is 0 Å². The summed E-state index contributed by atoms with van der Waals surface area (Å²) in [6, 6.07) is 13.3. The molecule has 0 aliphatic rings. The first kappa shape index (κ1) is 13.7. The van der Waals surface area contributed by atoms with Crippen LogP contribution in [-0.2, 0) is 6.42 Å². The van der Waals surface area contributed by atoms with Crippen molar-refractivity contribution in [1.29, 1.82) is 0 Å². The zero-order valence-corrected chi connectivity index (χ0v) is 11.8. The third-order valence-electron chi connectivity index (χ3n) is 3.35. The summed E-state index contributed by atoms with van der Waals surface area (Å²) < 4.78 is 13.8. The summed E-state index contributed by atoms with van der Waals surface area (Å²) in [7, 11) is 0. The molecule has 0 fully saturated rings. The Bertz CT molecular complexity index is 806. The topological polar surface area (TPSA) is 30.0 Å². The number of ketones is 1. The molecule has 0 radical (unpaired) electrons. The number of halogens is 2. The van der Waals surface area contributed by atoms with Gasteiger partial charge in [0.05, 0.1) is 5.52 Å². The first-order chi connectivity index (χ1) is 10.2. The number of rotatable bonds is 3. The Morgan fingerprint density at radius 3 is 2.71 bits per heavy atom. The molecule has 21 heavy (non-hydrogen) atoms. The van der Waals surface area contributed by atoms with E-state index in [1.807, 2.05) is 12.1 Å². The molecule has 0 amide bonds. The Hall–Kier alpha value is -2.26. The summed E-state index contributed by atoms with van der Waals surface area (Å²) in [5.41, 5.74) is 1.49. The summed E-state index contributed by atoms with van der Waals surface area (Å²) in [5.74, 6) is -0.644. The number of Topliss-reactive ketones (excluding diaryl/α,β-unsaturated/α-hetero) is 1. The monoisotopic (exact) mass is 299 g/mol. The average molecular weight is 300 g/mol. The van der Waals surface area contributed by atoms with Gasteiger partial charge in [0, 0.05) is 34.2 Å². The second-order valence-corrected chi connectivity index (χ2v) is 5.08. The van der Waals surface area contributed by atoms with Crippen LogP contribution in [0.25, 0.3) is 10.9 Å². The molecule has 0 aliphatic carbocycles. The number of nitrogens with zero attached hydrogens (tertiary/aromatic N) is 1. The highest BCUT2D eigenvalue weighted by Crippen LogP contribution is 2.23. The van der Waals surface area contributed by atoms with Gasteiger partial charge in [-0.15, -0.1) is 0 Å². The molecule has 3 rings (SSSR count). The SMILES string of the molecule is O=C(Cc1c(F)cccc1Cl)c1cccc2ncccc12. The molecule has 0 aliphatic heterocycles. The van der Waals surface area contributed by atoms with Gasteiger partial charge in [0.2, 0.25) is 0 Å². The number of hydrogen-bond acceptors (Lipinski definition) is 2. The molecule has 0 spiro atoms. The van der Waals surface area contributed by atoms with Crippen molar-refractivity contribution >= 4 is 28.3 Å². The molecular weight excluding hydrogens is 289 g/mol. The van der Waals surface area contributed by atoms with E-state index in [4.69, 9.17) is 11.6 Å². The van der Waals surface area contributed by atoms with Gasteiger partial charge in [0.25, 0.3) is 0 Å². The van der Waals surface area contributed by atoms with Gasteiger partial charge in [-0.1, -0.05) is 35.9 Å². The van der Waals surface area contributed by atoms with Crippen LogP contribution in [0.3, 0.4) is 0 Å². The van der Waals surface area contributed by atoms with Gasteiger partial charge in [-0.2, -0.15) is 0 Å². The van der Waals surface area contributed by atoms with Crippen molar-refractivity contribution in [2.24, 2.45) is 0 Å². The smallest absolute Gasteiger partial charge is 0.168 e. The molecule has 0 saturated carbocycles. The summed E-state index contributed by atoms with van der Waals surface area (Å²) in [6.45, 7) is 0. The maximum atomic E-state index is 13.8. The minimum absolute atomic E-state index is 0.0699. The summed E-state index contributed by atoms with van der Waals surface area (Å²) in [4.78, 5) is 16.7. The fraction of sp³-hybridized carbons (Fsp3) is 0.0588. The summed E-state index contributed by atoms with van der Waals surface area (Å²) in [6.07, 6.45) is 1.60. The van der Waals surface area contributed by atoms with Gasteiger partial charge < -0.3 is 0 Å². The molecule has 0 saturated heterocycles. The first-order valence-electron chi connectivity index (χ1n) is 6.46. The minimum Gasteiger partial charge on any atom is -0.294 e. The number of carbonyl (C=O) groups is 1. The molecule has 2 nitrogen and oxygen atoms in total. The molecule has 0 N–H and O–H groups in total. The average Bonchev–Trinajstić information content (AvgIpc) is 2.50. The number of carbonyl (C=O) groups excluding carboxylic acids is 1. The van der Waals surface area contributed by atoms with Crippen LogP contribution in [-0.4, -0.2) is 10.8 Å². The predicted molar refractivity (Wildman–Crippen MR) is 81.2 cm³/mol. The molecule has 104 valence electrons. The van der Waals surface area contributed by atoms with Crippen molar-refractivity contribution in [3.63, 3.8) is 0 Å². The molecule has 0 unspecified atom stereocenters. The third-order valence-corrected chi connectivity index (χ3v) is 3.70. The molecule has 1 aromatic heterocycles. The van der Waals surface area contributed by atoms with Gasteiger partial charge >= 0.3 is 0 Å². The highest BCUT2D eigenvalue weighted by atomic mass is 35.5. The fourth-order valence-electron chi connectivity index (χ4n) is 2.30. The van der Waals surface area contributed by atoms with Gasteiger partial charge in [-0.05, 0) is 24.3 Å². The number of benzene rings is 2. The Kier molecular flexibility index (Phi) is 3.67. The van der Waals surface area contributed by atoms with E-state index in [2.05, 4.69) is 4.98 Å². The number of aromatic nitrogens is 1. The van der Waals surface area contributed by atoms with Crippen molar-refractivity contribution in [3.8, 4) is 0 Å². The lowest BCUT2D eigenvalue weighted by atomic mass is 9.99. The Morgan fingerprint density at radius 2 is 1.90 bits per heavy atom. The zero-order chi connectivity index (χ0) is 14.8. The minimum atomic E-state index is -0.464. The van der Waals surface area contributed by atoms with Crippen molar-refractivity contribution < 1.29 is 9.18 Å². The summed E-state index contributed by atoms with van der Waals surface area (Å²) in [5, 5.41) is 1.03. The van der Waals surface area contributed by atoms with E-state index in [9.17, 15) is 9.18 Å². The van der Waals surface area contributed by atoms with Crippen LogP contribution in [0.1, 0.15) is 15.9 Å². The van der Waals surface area contributed by atoms with E-state index in [-0.39, 0.29) is 22.8 Å². The third kappa shape index (κ3) is 2.65. The normalized spacial score (nSPS) is 10.8. The lowest BCUT2D eigenvalue weighted by molar-refractivity contribution is 0.0993. The Morgan fingerprint density at radius 1 is 1.10 bits per heavy atom. The van der Waals surface area contributed by atoms with Gasteiger partial charge in [0.15, 0.2) is 5.78 Å². The van der Waals surface area contributed by atoms with E-state index in [0.717, 1.165) is 10.9 Å². The molecule has 0 bridgehead atoms. The van der Waals surface area contributed by atoms with Crippen LogP contribution >= 0.6 is 11.6 Å². The maximum Gasteiger partial charge on any atom is 0.168 e. The second kappa shape index (κ2) is 5.62. The van der Waals surface area contributed by atoms with E-state index in [1.165, 1.54) is 12.1 Å². The molecular formula is C17H11ClFNO. The van der Waals surface area contributed by atoms with Gasteiger partial charge in [-0.3, -0.25) is 9.78 Å². The van der Waals surface area contributed by atoms with E-state index in [0.29, 0.717) is 5.56 Å². The van der Waals surface area contributed by atoms with Crippen LogP contribution < -0.4 is 0 Å². The highest BCUT2D eigenvalue weighted by Gasteiger charge is 2.15. The zero-order valence-electron chi connectivity index (χ0n) is 11.0. The van der Waals surface area contributed by atoms with Crippen molar-refractivity contribution in [3.05, 3.63) is 76.7 Å². The van der Waals surface area contributed by atoms with Crippen LogP contribution in [0.15, 0.2) is 54.7 Å². The fourth-order valence-corrected chi connectivity index (χ4v) is 2.53. The van der Waals surface area contributed by atoms with Crippen molar-refractivity contribution in [2.45, 2.75) is 6.42 Å². The molecule has 0 atom stereocenters. The Labute approximate surface area is 126 Å². The van der Waals surface area contributed by atoms with E-state index < -0.39 is 5.82 Å². The lowest BCUT2D eigenvalue weighted by Gasteiger charge is -2.07. The number of hydrogen-bond donors (Lipinski definition) is 0. The standard InChI is InChI=1S/C17H11ClFNO/c18-14-6-2-7-15(19)13(14)10-17(21)12-4-1-8-16-11(12)5-3-9-20-16/h1-9H,10H2. The largest absolute Gasteiger partial charge is 0.294 e. The Balaban J connectivity index is 2.02. The quantitative estimate of drug-likeness (QED) is 0.669. The van der Waals surface area contributed by atoms with E-state index >= 15 is 0 Å². The van der Waals surface area contributed by atoms with Crippen LogP contribution in [0, 0.1) is 5.82 Å². The summed E-state index contributed by atoms with van der Waals surface area (Å²) >= 11 is 5.97. The highest BCUT2D eigenvalue weighted by molar-refractivity contribution is 6.31. The van der Waals surface area contributed by atoms with Gasteiger partial charge in [-0.25, -0.2) is 4.39 Å². The number of pyridine rings is 1. The second-order valence-electron chi connectivity index (χ2n) is 4.68. The molecule has 3 aromatic rings. The first-order valence-corrected chi connectivity index (χ1v) is 6.84. The van der Waals surface area contributed by atoms with Crippen LogP contribution in [0.2, 0.25) is 5.02 Å². The van der Waals surface area contributed by atoms with Crippen molar-refractivity contribution in [1.82, 2.24) is 4.98 Å². The molecule has 2 aromatic carbocycles. The maximum absolute atomic E-state index is 13.8. The predicted octanol–water partition coefficient (Wildman–Crippen LogP) is 4.45. The van der Waals surface area contributed by atoms with E-state index in [1.54, 1.807) is 30.5 Å². The lowest BCUT2D eigenvalue weighted by Crippen LogP contribution is -2.06. The molecule has 1 heterocycles. The molecule has 4 heteroatoms. The van der Waals surface area contributed by atoms with Gasteiger partial charge in [0.1, 0.15) is 5.82 Å². The number of fused-ring (bicyclic) bond motifs is 1.